The summed E-state index contributed by atoms with van der Waals surface area (Å²) in [4.78, 5) is 0. The fraction of sp³-hybridized carbons (Fsp3) is 0.417. The van der Waals surface area contributed by atoms with Gasteiger partial charge in [-0.15, -0.1) is 0 Å². The van der Waals surface area contributed by atoms with Crippen LogP contribution >= 0.6 is 0 Å². The van der Waals surface area contributed by atoms with Crippen molar-refractivity contribution in [3.63, 3.8) is 0 Å². The highest BCUT2D eigenvalue weighted by Crippen LogP contribution is 2.20. The number of nitrogens with one attached hydrogen (secondary N) is 1. The maximum Gasteiger partial charge on any atom is 0.165 e. The molecule has 1 atom stereocenters. The Bertz CT molecular complexity index is 398. The van der Waals surface area contributed by atoms with E-state index in [9.17, 15) is 4.39 Å². The Morgan fingerprint density at radius 1 is 1.50 bits per heavy atom. The van der Waals surface area contributed by atoms with Gasteiger partial charge in [0.1, 0.15) is 6.04 Å². The molecule has 1 rings (SSSR count). The largest absolute Gasteiger partial charge is 0.505 e. The molecule has 16 heavy (non-hydrogen) atoms. The summed E-state index contributed by atoms with van der Waals surface area (Å²) in [6.07, 6.45) is 0. The van der Waals surface area contributed by atoms with E-state index in [0.29, 0.717) is 18.0 Å². The molecule has 0 fully saturated rings. The highest BCUT2D eigenvalue weighted by molar-refractivity contribution is 5.32. The van der Waals surface area contributed by atoms with E-state index in [1.54, 1.807) is 6.07 Å². The molecule has 1 aromatic carbocycles. The van der Waals surface area contributed by atoms with Crippen molar-refractivity contribution in [3.8, 4) is 11.8 Å². The Balaban J connectivity index is 2.80. The Hall–Kier alpha value is -1.60. The van der Waals surface area contributed by atoms with Gasteiger partial charge in [-0.05, 0) is 30.2 Å². The molecule has 3 nitrogen and oxygen atoms in total. The van der Waals surface area contributed by atoms with E-state index in [-0.39, 0.29) is 0 Å². The number of nitrogens with zero attached hydrogens (tertiary/aromatic N) is 1. The Morgan fingerprint density at radius 3 is 2.69 bits per heavy atom. The van der Waals surface area contributed by atoms with Crippen molar-refractivity contribution in [1.29, 1.82) is 5.26 Å². The van der Waals surface area contributed by atoms with Crippen LogP contribution in [-0.2, 0) is 0 Å². The van der Waals surface area contributed by atoms with E-state index in [1.807, 2.05) is 13.8 Å². The van der Waals surface area contributed by atoms with Crippen LogP contribution in [0.4, 0.5) is 4.39 Å². The number of benzene rings is 1. The first-order valence-corrected chi connectivity index (χ1v) is 5.16. The maximum atomic E-state index is 13.1. The van der Waals surface area contributed by atoms with Crippen molar-refractivity contribution >= 4 is 0 Å². The maximum absolute atomic E-state index is 13.1. The Labute approximate surface area is 94.5 Å². The van der Waals surface area contributed by atoms with E-state index < -0.39 is 17.6 Å². The average Bonchev–Trinajstić information content (AvgIpc) is 2.23. The van der Waals surface area contributed by atoms with Crippen LogP contribution in [0, 0.1) is 23.1 Å². The van der Waals surface area contributed by atoms with Gasteiger partial charge in [-0.3, -0.25) is 5.32 Å². The van der Waals surface area contributed by atoms with Gasteiger partial charge in [0.2, 0.25) is 0 Å². The third kappa shape index (κ3) is 3.21. The molecule has 0 heterocycles. The predicted octanol–water partition coefficient (Wildman–Crippen LogP) is 2.34. The lowest BCUT2D eigenvalue weighted by atomic mass is 10.1. The molecule has 0 radical (unpaired) electrons. The van der Waals surface area contributed by atoms with Gasteiger partial charge in [0.15, 0.2) is 11.6 Å². The first-order chi connectivity index (χ1) is 7.54. The number of phenols is 1. The third-order valence-electron chi connectivity index (χ3n) is 2.16. The molecule has 0 saturated carbocycles. The number of hydrogen-bond acceptors (Lipinski definition) is 3. The molecule has 2 N–H and O–H groups in total. The third-order valence-corrected chi connectivity index (χ3v) is 2.16. The minimum absolute atomic E-state index is 0.399. The van der Waals surface area contributed by atoms with Gasteiger partial charge < -0.3 is 5.11 Å². The molecule has 4 heteroatoms. The van der Waals surface area contributed by atoms with Crippen LogP contribution in [0.1, 0.15) is 25.5 Å². The van der Waals surface area contributed by atoms with Crippen molar-refractivity contribution in [2.75, 3.05) is 6.54 Å². The number of phenolic OH excluding ortho intramolecular Hbond substituents is 1. The summed E-state index contributed by atoms with van der Waals surface area (Å²) in [5.74, 6) is -0.689. The van der Waals surface area contributed by atoms with E-state index in [1.165, 1.54) is 12.1 Å². The molecule has 1 unspecified atom stereocenters. The molecule has 0 amide bonds. The van der Waals surface area contributed by atoms with Gasteiger partial charge in [-0.2, -0.15) is 5.26 Å². The second-order valence-corrected chi connectivity index (χ2v) is 4.08. The normalized spacial score (nSPS) is 12.4. The predicted molar refractivity (Wildman–Crippen MR) is 59.3 cm³/mol. The first kappa shape index (κ1) is 12.5. The molecular weight excluding hydrogens is 207 g/mol. The summed E-state index contributed by atoms with van der Waals surface area (Å²) < 4.78 is 13.1. The number of halogens is 1. The number of rotatable bonds is 4. The highest BCUT2D eigenvalue weighted by atomic mass is 19.1. The van der Waals surface area contributed by atoms with Crippen LogP contribution in [0.3, 0.4) is 0 Å². The number of hydrogen-bond donors (Lipinski definition) is 2. The van der Waals surface area contributed by atoms with Gasteiger partial charge in [0.25, 0.3) is 0 Å². The fourth-order valence-electron chi connectivity index (χ4n) is 1.29. The van der Waals surface area contributed by atoms with Gasteiger partial charge in [0.05, 0.1) is 6.07 Å². The summed E-state index contributed by atoms with van der Waals surface area (Å²) in [6, 6.07) is 5.49. The topological polar surface area (TPSA) is 56.0 Å². The van der Waals surface area contributed by atoms with Crippen LogP contribution in [-0.4, -0.2) is 11.7 Å². The van der Waals surface area contributed by atoms with Gasteiger partial charge in [-0.1, -0.05) is 19.9 Å². The van der Waals surface area contributed by atoms with Gasteiger partial charge in [0, 0.05) is 0 Å². The van der Waals surface area contributed by atoms with Crippen LogP contribution in [0.25, 0.3) is 0 Å². The monoisotopic (exact) mass is 222 g/mol. The van der Waals surface area contributed by atoms with Crippen molar-refractivity contribution in [2.24, 2.45) is 5.92 Å². The highest BCUT2D eigenvalue weighted by Gasteiger charge is 2.12. The van der Waals surface area contributed by atoms with Gasteiger partial charge >= 0.3 is 0 Å². The SMILES string of the molecule is CC(C)CNC(C#N)c1ccc(O)c(F)c1. The van der Waals surface area contributed by atoms with Crippen LogP contribution in [0.5, 0.6) is 5.75 Å². The molecule has 86 valence electrons. The van der Waals surface area contributed by atoms with Crippen molar-refractivity contribution in [3.05, 3.63) is 29.6 Å². The molecule has 0 spiro atoms. The molecule has 0 aliphatic carbocycles. The minimum Gasteiger partial charge on any atom is -0.505 e. The molecule has 1 aromatic rings. The standard InChI is InChI=1S/C12H15FN2O/c1-8(2)7-15-11(6-14)9-3-4-12(16)10(13)5-9/h3-5,8,11,15-16H,7H2,1-2H3. The molecule has 0 aromatic heterocycles. The van der Waals surface area contributed by atoms with Crippen molar-refractivity contribution < 1.29 is 9.50 Å². The Kier molecular flexibility index (Phi) is 4.27. The van der Waals surface area contributed by atoms with Crippen LogP contribution < -0.4 is 5.32 Å². The lowest BCUT2D eigenvalue weighted by Crippen LogP contribution is -2.24. The van der Waals surface area contributed by atoms with E-state index in [4.69, 9.17) is 10.4 Å². The van der Waals surface area contributed by atoms with Crippen molar-refractivity contribution in [2.45, 2.75) is 19.9 Å². The van der Waals surface area contributed by atoms with E-state index >= 15 is 0 Å². The van der Waals surface area contributed by atoms with E-state index in [2.05, 4.69) is 11.4 Å². The average molecular weight is 222 g/mol. The summed E-state index contributed by atoms with van der Waals surface area (Å²) >= 11 is 0. The molecular formula is C12H15FN2O. The quantitative estimate of drug-likeness (QED) is 0.822. The zero-order chi connectivity index (χ0) is 12.1. The summed E-state index contributed by atoms with van der Waals surface area (Å²) in [7, 11) is 0. The molecule has 0 saturated heterocycles. The summed E-state index contributed by atoms with van der Waals surface area (Å²) in [5, 5.41) is 21.0. The zero-order valence-electron chi connectivity index (χ0n) is 9.37. The molecule has 0 aliphatic rings. The lowest BCUT2D eigenvalue weighted by Gasteiger charge is -2.13. The second kappa shape index (κ2) is 5.47. The van der Waals surface area contributed by atoms with Crippen LogP contribution in [0.2, 0.25) is 0 Å². The fourth-order valence-corrected chi connectivity index (χ4v) is 1.29. The van der Waals surface area contributed by atoms with Crippen molar-refractivity contribution in [1.82, 2.24) is 5.32 Å². The lowest BCUT2D eigenvalue weighted by molar-refractivity contribution is 0.430. The van der Waals surface area contributed by atoms with Crippen LogP contribution in [0.15, 0.2) is 18.2 Å². The molecule has 0 bridgehead atoms. The van der Waals surface area contributed by atoms with Gasteiger partial charge in [-0.25, -0.2) is 4.39 Å². The number of aromatic hydroxyl groups is 1. The zero-order valence-corrected chi connectivity index (χ0v) is 9.37. The summed E-state index contributed by atoms with van der Waals surface area (Å²) in [6.45, 7) is 4.73. The first-order valence-electron chi connectivity index (χ1n) is 5.16. The van der Waals surface area contributed by atoms with E-state index in [0.717, 1.165) is 0 Å². The second-order valence-electron chi connectivity index (χ2n) is 4.08. The minimum atomic E-state index is -0.705. The smallest absolute Gasteiger partial charge is 0.165 e. The Morgan fingerprint density at radius 2 is 2.19 bits per heavy atom. The number of nitriles is 1. The molecule has 0 aliphatic heterocycles. The summed E-state index contributed by atoms with van der Waals surface area (Å²) in [5.41, 5.74) is 0.526.